The first-order chi connectivity index (χ1) is 8.90. The van der Waals surface area contributed by atoms with Crippen LogP contribution in [-0.4, -0.2) is 62.0 Å². The minimum absolute atomic E-state index is 0.153. The molecule has 0 aromatic carbocycles. The summed E-state index contributed by atoms with van der Waals surface area (Å²) in [6.45, 7) is 6.35. The molecule has 0 bridgehead atoms. The van der Waals surface area contributed by atoms with Crippen molar-refractivity contribution in [2.45, 2.75) is 45.3 Å². The van der Waals surface area contributed by atoms with Gasteiger partial charge in [-0.25, -0.2) is 0 Å². The van der Waals surface area contributed by atoms with E-state index in [1.165, 1.54) is 0 Å². The van der Waals surface area contributed by atoms with Crippen LogP contribution in [0.5, 0.6) is 0 Å². The summed E-state index contributed by atoms with van der Waals surface area (Å²) < 4.78 is 10.8. The number of nitrogens with zero attached hydrogens (tertiary/aromatic N) is 1. The maximum atomic E-state index is 11.0. The Bertz CT molecular complexity index is 281. The van der Waals surface area contributed by atoms with Crippen LogP contribution < -0.4 is 0 Å². The lowest BCUT2D eigenvalue weighted by Crippen LogP contribution is -2.27. The highest BCUT2D eigenvalue weighted by Gasteiger charge is 2.32. The predicted molar refractivity (Wildman–Crippen MR) is 73.3 cm³/mol. The molecule has 0 amide bonds. The highest BCUT2D eigenvalue weighted by atomic mass is 16.5. The van der Waals surface area contributed by atoms with E-state index in [2.05, 4.69) is 4.90 Å². The van der Waals surface area contributed by atoms with Gasteiger partial charge >= 0.3 is 5.97 Å². The Balaban J connectivity index is 2.22. The van der Waals surface area contributed by atoms with Crippen LogP contribution in [0.25, 0.3) is 0 Å². The Labute approximate surface area is 115 Å². The zero-order valence-electron chi connectivity index (χ0n) is 12.5. The molecule has 0 aliphatic carbocycles. The zero-order chi connectivity index (χ0) is 14.5. The minimum Gasteiger partial charge on any atom is -0.481 e. The summed E-state index contributed by atoms with van der Waals surface area (Å²) in [5.41, 5.74) is -0.616. The lowest BCUT2D eigenvalue weighted by atomic mass is 9.87. The van der Waals surface area contributed by atoms with Crippen LogP contribution >= 0.6 is 0 Å². The molecule has 19 heavy (non-hydrogen) atoms. The zero-order valence-corrected chi connectivity index (χ0v) is 12.5. The van der Waals surface area contributed by atoms with Crippen molar-refractivity contribution < 1.29 is 19.4 Å². The van der Waals surface area contributed by atoms with E-state index in [1.54, 1.807) is 28.1 Å². The summed E-state index contributed by atoms with van der Waals surface area (Å²) in [7, 11) is 3.44. The van der Waals surface area contributed by atoms with Crippen LogP contribution in [0.4, 0.5) is 0 Å². The molecule has 5 heteroatoms. The first-order valence-corrected chi connectivity index (χ1v) is 6.92. The van der Waals surface area contributed by atoms with Crippen molar-refractivity contribution in [3.05, 3.63) is 0 Å². The van der Waals surface area contributed by atoms with Crippen molar-refractivity contribution in [1.82, 2.24) is 4.90 Å². The summed E-state index contributed by atoms with van der Waals surface area (Å²) in [6, 6.07) is 0. The molecule has 2 atom stereocenters. The van der Waals surface area contributed by atoms with E-state index >= 15 is 0 Å². The van der Waals surface area contributed by atoms with E-state index in [0.717, 1.165) is 38.9 Å². The van der Waals surface area contributed by atoms with Gasteiger partial charge in [0, 0.05) is 27.3 Å². The molecule has 0 spiro atoms. The number of hydrogen-bond donors (Lipinski definition) is 1. The summed E-state index contributed by atoms with van der Waals surface area (Å²) in [4.78, 5) is 13.3. The Kier molecular flexibility index (Phi) is 6.23. The smallest absolute Gasteiger partial charge is 0.309 e. The summed E-state index contributed by atoms with van der Waals surface area (Å²) in [5.74, 6) is -0.715. The molecule has 1 aliphatic rings. The molecule has 1 saturated heterocycles. The molecule has 0 saturated carbocycles. The number of ether oxygens (including phenoxy) is 2. The van der Waals surface area contributed by atoms with Crippen LogP contribution in [0, 0.1) is 5.41 Å². The molecule has 1 aliphatic heterocycles. The van der Waals surface area contributed by atoms with Crippen molar-refractivity contribution in [1.29, 1.82) is 0 Å². The fourth-order valence-corrected chi connectivity index (χ4v) is 2.46. The maximum absolute atomic E-state index is 11.0. The van der Waals surface area contributed by atoms with Crippen molar-refractivity contribution >= 4 is 5.97 Å². The Hall–Kier alpha value is -0.650. The molecule has 1 rings (SSSR count). The highest BCUT2D eigenvalue weighted by molar-refractivity contribution is 5.73. The second-order valence-electron chi connectivity index (χ2n) is 5.95. The summed E-state index contributed by atoms with van der Waals surface area (Å²) >= 11 is 0. The first kappa shape index (κ1) is 16.4. The number of hydrogen-bond acceptors (Lipinski definition) is 4. The van der Waals surface area contributed by atoms with E-state index in [1.807, 2.05) is 0 Å². The first-order valence-electron chi connectivity index (χ1n) is 6.92. The Morgan fingerprint density at radius 3 is 2.16 bits per heavy atom. The molecule has 2 unspecified atom stereocenters. The van der Waals surface area contributed by atoms with Gasteiger partial charge in [0.05, 0.1) is 17.6 Å². The third-order valence-electron chi connectivity index (χ3n) is 4.00. The number of methoxy groups -OCH3 is 2. The fraction of sp³-hybridized carbons (Fsp3) is 0.929. The number of unbranched alkanes of at least 4 members (excludes halogenated alkanes) is 1. The van der Waals surface area contributed by atoms with Gasteiger partial charge in [0.25, 0.3) is 0 Å². The molecule has 5 nitrogen and oxygen atoms in total. The van der Waals surface area contributed by atoms with Crippen molar-refractivity contribution in [2.75, 3.05) is 33.9 Å². The molecule has 0 radical (unpaired) electrons. The van der Waals surface area contributed by atoms with Gasteiger partial charge in [-0.1, -0.05) is 6.42 Å². The van der Waals surface area contributed by atoms with Crippen LogP contribution in [0.3, 0.4) is 0 Å². The van der Waals surface area contributed by atoms with Crippen molar-refractivity contribution in [3.63, 3.8) is 0 Å². The molecule has 0 aromatic rings. The third-order valence-corrected chi connectivity index (χ3v) is 4.00. The molecule has 0 aromatic heterocycles. The lowest BCUT2D eigenvalue weighted by Gasteiger charge is -2.20. The number of likely N-dealkylation sites (tertiary alicyclic amines) is 1. The van der Waals surface area contributed by atoms with Gasteiger partial charge in [-0.15, -0.1) is 0 Å². The number of carbonyl (C=O) groups is 1. The summed E-state index contributed by atoms with van der Waals surface area (Å²) in [5, 5.41) is 9.04. The highest BCUT2D eigenvalue weighted by Crippen LogP contribution is 2.24. The van der Waals surface area contributed by atoms with E-state index in [4.69, 9.17) is 14.6 Å². The van der Waals surface area contributed by atoms with Gasteiger partial charge in [0.2, 0.25) is 0 Å². The second-order valence-corrected chi connectivity index (χ2v) is 5.95. The predicted octanol–water partition coefficient (Wildman–Crippen LogP) is 1.61. The number of carboxylic acids is 1. The van der Waals surface area contributed by atoms with Gasteiger partial charge in [0.15, 0.2) is 0 Å². The van der Waals surface area contributed by atoms with Crippen molar-refractivity contribution in [2.24, 2.45) is 5.41 Å². The van der Waals surface area contributed by atoms with Gasteiger partial charge in [-0.3, -0.25) is 9.69 Å². The molecule has 1 fully saturated rings. The van der Waals surface area contributed by atoms with E-state index in [9.17, 15) is 4.79 Å². The quantitative estimate of drug-likeness (QED) is 0.681. The normalized spacial score (nSPS) is 24.8. The van der Waals surface area contributed by atoms with Gasteiger partial charge < -0.3 is 14.6 Å². The minimum atomic E-state index is -0.715. The van der Waals surface area contributed by atoms with Crippen LogP contribution in [0.1, 0.15) is 33.1 Å². The van der Waals surface area contributed by atoms with E-state index < -0.39 is 11.4 Å². The van der Waals surface area contributed by atoms with Crippen LogP contribution in [0.2, 0.25) is 0 Å². The average Bonchev–Trinajstić information content (AvgIpc) is 2.76. The number of rotatable bonds is 8. The molecule has 1 N–H and O–H groups in total. The Morgan fingerprint density at radius 1 is 1.21 bits per heavy atom. The van der Waals surface area contributed by atoms with Gasteiger partial charge in [0.1, 0.15) is 0 Å². The fourth-order valence-electron chi connectivity index (χ4n) is 2.46. The van der Waals surface area contributed by atoms with Gasteiger partial charge in [-0.2, -0.15) is 0 Å². The molecular weight excluding hydrogens is 246 g/mol. The monoisotopic (exact) mass is 273 g/mol. The lowest BCUT2D eigenvalue weighted by molar-refractivity contribution is -0.147. The average molecular weight is 273 g/mol. The Morgan fingerprint density at radius 2 is 1.74 bits per heavy atom. The van der Waals surface area contributed by atoms with Gasteiger partial charge in [-0.05, 0) is 33.2 Å². The molecule has 112 valence electrons. The van der Waals surface area contributed by atoms with Crippen molar-refractivity contribution in [3.8, 4) is 0 Å². The maximum Gasteiger partial charge on any atom is 0.309 e. The standard InChI is InChI=1S/C14H27NO4/c1-14(2,13(16)17)7-5-6-8-15-9-11(18-3)12(10-15)19-4/h11-12H,5-10H2,1-4H3,(H,16,17). The largest absolute Gasteiger partial charge is 0.481 e. The number of aliphatic carboxylic acids is 1. The van der Waals surface area contributed by atoms with Crippen LogP contribution in [-0.2, 0) is 14.3 Å². The van der Waals surface area contributed by atoms with Crippen LogP contribution in [0.15, 0.2) is 0 Å². The van der Waals surface area contributed by atoms with E-state index in [0.29, 0.717) is 0 Å². The second kappa shape index (κ2) is 7.22. The number of carboxylic acid groups (broad SMARTS) is 1. The third kappa shape index (κ3) is 4.75. The summed E-state index contributed by atoms with van der Waals surface area (Å²) in [6.07, 6.45) is 2.98. The van der Waals surface area contributed by atoms with E-state index in [-0.39, 0.29) is 12.2 Å². The topological polar surface area (TPSA) is 59.0 Å². The molecule has 1 heterocycles. The SMILES string of the molecule is COC1CN(CCCCC(C)(C)C(=O)O)CC1OC. The molecular formula is C14H27NO4.